The molecule has 0 fully saturated rings. The van der Waals surface area contributed by atoms with Gasteiger partial charge in [0, 0.05) is 5.41 Å². The summed E-state index contributed by atoms with van der Waals surface area (Å²) < 4.78 is 5.84. The SMILES string of the molecule is C=CC(C)(C)O/C(=C\C)C(C)(C)C. The molecule has 76 valence electrons. The zero-order chi connectivity index (χ0) is 10.7. The van der Waals surface area contributed by atoms with Crippen LogP contribution in [0.2, 0.25) is 0 Å². The Morgan fingerprint density at radius 2 is 1.62 bits per heavy atom. The fourth-order valence-corrected chi connectivity index (χ4v) is 0.970. The van der Waals surface area contributed by atoms with E-state index in [2.05, 4.69) is 27.4 Å². The van der Waals surface area contributed by atoms with Crippen LogP contribution in [0.25, 0.3) is 0 Å². The molecule has 0 heterocycles. The molecule has 0 spiro atoms. The number of hydrogen-bond donors (Lipinski definition) is 0. The van der Waals surface area contributed by atoms with Gasteiger partial charge in [-0.05, 0) is 32.9 Å². The normalized spacial score (nSPS) is 14.2. The minimum Gasteiger partial charge on any atom is -0.488 e. The van der Waals surface area contributed by atoms with Crippen molar-refractivity contribution in [3.05, 3.63) is 24.5 Å². The molecular weight excluding hydrogens is 160 g/mol. The van der Waals surface area contributed by atoms with E-state index in [0.717, 1.165) is 5.76 Å². The predicted molar refractivity (Wildman–Crippen MR) is 58.6 cm³/mol. The van der Waals surface area contributed by atoms with Crippen molar-refractivity contribution in [3.8, 4) is 0 Å². The summed E-state index contributed by atoms with van der Waals surface area (Å²) in [4.78, 5) is 0. The van der Waals surface area contributed by atoms with E-state index >= 15 is 0 Å². The third-order valence-corrected chi connectivity index (χ3v) is 1.87. The first-order valence-corrected chi connectivity index (χ1v) is 4.72. The van der Waals surface area contributed by atoms with E-state index in [4.69, 9.17) is 4.74 Å². The Morgan fingerprint density at radius 3 is 1.85 bits per heavy atom. The third kappa shape index (κ3) is 4.16. The maximum absolute atomic E-state index is 5.84. The van der Waals surface area contributed by atoms with Gasteiger partial charge in [-0.2, -0.15) is 0 Å². The lowest BCUT2D eigenvalue weighted by molar-refractivity contribution is 0.0436. The van der Waals surface area contributed by atoms with Crippen LogP contribution in [0.15, 0.2) is 24.5 Å². The second kappa shape index (κ2) is 3.99. The molecule has 0 amide bonds. The van der Waals surface area contributed by atoms with Gasteiger partial charge in [0.15, 0.2) is 0 Å². The molecule has 0 atom stereocenters. The minimum atomic E-state index is -0.283. The Hall–Kier alpha value is -0.720. The molecule has 0 aliphatic rings. The molecule has 0 bridgehead atoms. The summed E-state index contributed by atoms with van der Waals surface area (Å²) in [5, 5.41) is 0. The lowest BCUT2D eigenvalue weighted by Gasteiger charge is -2.31. The van der Waals surface area contributed by atoms with Crippen LogP contribution in [0.4, 0.5) is 0 Å². The van der Waals surface area contributed by atoms with Crippen molar-refractivity contribution in [2.45, 2.75) is 47.1 Å². The maximum atomic E-state index is 5.84. The first kappa shape index (κ1) is 12.3. The number of hydrogen-bond acceptors (Lipinski definition) is 1. The van der Waals surface area contributed by atoms with Gasteiger partial charge >= 0.3 is 0 Å². The summed E-state index contributed by atoms with van der Waals surface area (Å²) in [5.74, 6) is 1.01. The average molecular weight is 182 g/mol. The van der Waals surface area contributed by atoms with Crippen LogP contribution in [-0.2, 0) is 4.74 Å². The van der Waals surface area contributed by atoms with Crippen molar-refractivity contribution in [1.82, 2.24) is 0 Å². The van der Waals surface area contributed by atoms with Crippen LogP contribution in [0.1, 0.15) is 41.5 Å². The summed E-state index contributed by atoms with van der Waals surface area (Å²) in [7, 11) is 0. The topological polar surface area (TPSA) is 9.23 Å². The van der Waals surface area contributed by atoms with Gasteiger partial charge in [0.05, 0.1) is 5.76 Å². The number of rotatable bonds is 3. The molecule has 13 heavy (non-hydrogen) atoms. The van der Waals surface area contributed by atoms with Crippen molar-refractivity contribution in [1.29, 1.82) is 0 Å². The van der Waals surface area contributed by atoms with Crippen LogP contribution in [0.5, 0.6) is 0 Å². The Balaban J connectivity index is 4.60. The highest BCUT2D eigenvalue weighted by Gasteiger charge is 2.24. The fraction of sp³-hybridized carbons (Fsp3) is 0.667. The molecular formula is C12H22O. The molecule has 0 aromatic carbocycles. The summed E-state index contributed by atoms with van der Waals surface area (Å²) in [5.41, 5.74) is -0.218. The van der Waals surface area contributed by atoms with Gasteiger partial charge in [0.25, 0.3) is 0 Å². The fourth-order valence-electron chi connectivity index (χ4n) is 0.970. The lowest BCUT2D eigenvalue weighted by Crippen LogP contribution is -2.25. The van der Waals surface area contributed by atoms with E-state index < -0.39 is 0 Å². The summed E-state index contributed by atoms with van der Waals surface area (Å²) >= 11 is 0. The van der Waals surface area contributed by atoms with Gasteiger partial charge in [0.1, 0.15) is 5.60 Å². The summed E-state index contributed by atoms with van der Waals surface area (Å²) in [6, 6.07) is 0. The third-order valence-electron chi connectivity index (χ3n) is 1.87. The molecule has 0 rings (SSSR count). The lowest BCUT2D eigenvalue weighted by atomic mass is 9.93. The highest BCUT2D eigenvalue weighted by Crippen LogP contribution is 2.30. The molecule has 0 aliphatic heterocycles. The van der Waals surface area contributed by atoms with E-state index in [1.807, 2.05) is 32.9 Å². The molecule has 0 aromatic rings. The van der Waals surface area contributed by atoms with Crippen molar-refractivity contribution in [2.75, 3.05) is 0 Å². The van der Waals surface area contributed by atoms with Gasteiger partial charge in [-0.1, -0.05) is 27.4 Å². The quantitative estimate of drug-likeness (QED) is 0.475. The Kier molecular flexibility index (Phi) is 3.77. The predicted octanol–water partition coefficient (Wildman–Crippen LogP) is 3.92. The van der Waals surface area contributed by atoms with E-state index in [1.165, 1.54) is 0 Å². The Bertz CT molecular complexity index is 204. The summed E-state index contributed by atoms with van der Waals surface area (Å²) in [6.07, 6.45) is 3.84. The minimum absolute atomic E-state index is 0.0645. The summed E-state index contributed by atoms with van der Waals surface area (Å²) in [6.45, 7) is 16.2. The molecule has 1 nitrogen and oxygen atoms in total. The molecule has 0 N–H and O–H groups in total. The molecule has 1 heteroatoms. The van der Waals surface area contributed by atoms with E-state index in [0.29, 0.717) is 0 Å². The second-order valence-electron chi connectivity index (χ2n) is 4.81. The van der Waals surface area contributed by atoms with Crippen LogP contribution < -0.4 is 0 Å². The van der Waals surface area contributed by atoms with Crippen LogP contribution in [0, 0.1) is 5.41 Å². The number of ether oxygens (including phenoxy) is 1. The Labute approximate surface area is 82.5 Å². The Morgan fingerprint density at radius 1 is 1.15 bits per heavy atom. The molecule has 0 radical (unpaired) electrons. The average Bonchev–Trinajstić information content (AvgIpc) is 1.98. The largest absolute Gasteiger partial charge is 0.488 e. The van der Waals surface area contributed by atoms with Gasteiger partial charge in [-0.3, -0.25) is 0 Å². The van der Waals surface area contributed by atoms with Gasteiger partial charge in [0.2, 0.25) is 0 Å². The molecule has 0 aliphatic carbocycles. The van der Waals surface area contributed by atoms with Crippen LogP contribution in [-0.4, -0.2) is 5.60 Å². The van der Waals surface area contributed by atoms with Crippen LogP contribution in [0.3, 0.4) is 0 Å². The van der Waals surface area contributed by atoms with E-state index in [9.17, 15) is 0 Å². The second-order valence-corrected chi connectivity index (χ2v) is 4.81. The molecule has 0 aromatic heterocycles. The zero-order valence-corrected chi connectivity index (χ0v) is 9.77. The first-order chi connectivity index (χ1) is 5.73. The van der Waals surface area contributed by atoms with Gasteiger partial charge in [-0.25, -0.2) is 0 Å². The van der Waals surface area contributed by atoms with Crippen molar-refractivity contribution >= 4 is 0 Å². The van der Waals surface area contributed by atoms with Crippen molar-refractivity contribution in [2.24, 2.45) is 5.41 Å². The smallest absolute Gasteiger partial charge is 0.121 e. The van der Waals surface area contributed by atoms with Gasteiger partial charge in [-0.15, -0.1) is 0 Å². The zero-order valence-electron chi connectivity index (χ0n) is 9.77. The van der Waals surface area contributed by atoms with Crippen LogP contribution >= 0.6 is 0 Å². The van der Waals surface area contributed by atoms with E-state index in [-0.39, 0.29) is 11.0 Å². The standard InChI is InChI=1S/C12H22O/c1-8-10(11(3,4)5)13-12(6,7)9-2/h8-9H,2H2,1,3-7H3/b10-8-. The highest BCUT2D eigenvalue weighted by molar-refractivity contribution is 5.05. The monoisotopic (exact) mass is 182 g/mol. The maximum Gasteiger partial charge on any atom is 0.121 e. The molecule has 0 saturated carbocycles. The van der Waals surface area contributed by atoms with E-state index in [1.54, 1.807) is 0 Å². The highest BCUT2D eigenvalue weighted by atomic mass is 16.5. The number of allylic oxidation sites excluding steroid dienone is 2. The molecule has 0 saturated heterocycles. The van der Waals surface area contributed by atoms with Gasteiger partial charge < -0.3 is 4.74 Å². The van der Waals surface area contributed by atoms with Crippen molar-refractivity contribution in [3.63, 3.8) is 0 Å². The molecule has 0 unspecified atom stereocenters. The van der Waals surface area contributed by atoms with Crippen molar-refractivity contribution < 1.29 is 4.74 Å². The first-order valence-electron chi connectivity index (χ1n) is 4.72.